The molecular formula is C16H20N4O3S2. The Labute approximate surface area is 151 Å². The Hall–Kier alpha value is -2.00. The summed E-state index contributed by atoms with van der Waals surface area (Å²) in [5.41, 5.74) is 2.01. The molecule has 0 aliphatic carbocycles. The minimum Gasteiger partial charge on any atom is -0.296 e. The van der Waals surface area contributed by atoms with Crippen LogP contribution in [0.4, 0.5) is 10.8 Å². The molecule has 25 heavy (non-hydrogen) atoms. The largest absolute Gasteiger partial charge is 0.296 e. The number of rotatable bonds is 5. The van der Waals surface area contributed by atoms with E-state index < -0.39 is 10.0 Å². The molecule has 1 aromatic heterocycles. The molecular weight excluding hydrogens is 360 g/mol. The maximum atomic E-state index is 12.4. The first-order valence-electron chi connectivity index (χ1n) is 8.13. The maximum absolute atomic E-state index is 12.4. The SMILES string of the molecule is CCCc1nnc(NC(=O)c2ccc3c(c2)CCCN3S(C)(=O)=O)s1. The van der Waals surface area contributed by atoms with Crippen LogP contribution >= 0.6 is 11.3 Å². The third kappa shape index (κ3) is 3.98. The predicted molar refractivity (Wildman–Crippen MR) is 98.8 cm³/mol. The van der Waals surface area contributed by atoms with Crippen LogP contribution in [0.2, 0.25) is 0 Å². The summed E-state index contributed by atoms with van der Waals surface area (Å²) in [7, 11) is -3.31. The number of sulfonamides is 1. The minimum absolute atomic E-state index is 0.265. The number of nitrogens with zero attached hydrogens (tertiary/aromatic N) is 3. The topological polar surface area (TPSA) is 92.3 Å². The molecule has 0 saturated carbocycles. The average Bonchev–Trinajstić information content (AvgIpc) is 3.00. The van der Waals surface area contributed by atoms with Gasteiger partial charge in [0.25, 0.3) is 5.91 Å². The number of benzene rings is 1. The first kappa shape index (κ1) is 17.8. The van der Waals surface area contributed by atoms with Gasteiger partial charge >= 0.3 is 0 Å². The highest BCUT2D eigenvalue weighted by atomic mass is 32.2. The second kappa shape index (κ2) is 7.09. The van der Waals surface area contributed by atoms with Crippen LogP contribution in [-0.2, 0) is 22.9 Å². The highest BCUT2D eigenvalue weighted by Gasteiger charge is 2.24. The predicted octanol–water partition coefficient (Wildman–Crippen LogP) is 2.46. The van der Waals surface area contributed by atoms with E-state index in [1.807, 2.05) is 0 Å². The minimum atomic E-state index is -3.31. The van der Waals surface area contributed by atoms with E-state index in [-0.39, 0.29) is 5.91 Å². The Morgan fingerprint density at radius 1 is 1.36 bits per heavy atom. The Balaban J connectivity index is 1.80. The third-order valence-electron chi connectivity index (χ3n) is 3.97. The van der Waals surface area contributed by atoms with Gasteiger partial charge in [-0.15, -0.1) is 10.2 Å². The second-order valence-corrected chi connectivity index (χ2v) is 8.96. The van der Waals surface area contributed by atoms with Crippen LogP contribution in [0.3, 0.4) is 0 Å². The Morgan fingerprint density at radius 2 is 2.16 bits per heavy atom. The molecule has 0 spiro atoms. The van der Waals surface area contributed by atoms with Gasteiger partial charge in [0.15, 0.2) is 0 Å². The standard InChI is InChI=1S/C16H20N4O3S2/c1-3-5-14-18-19-16(24-14)17-15(21)12-7-8-13-11(10-12)6-4-9-20(13)25(2,22)23/h7-8,10H,3-6,9H2,1-2H3,(H,17,19,21). The van der Waals surface area contributed by atoms with Crippen LogP contribution in [0, 0.1) is 0 Å². The van der Waals surface area contributed by atoms with Gasteiger partial charge in [0, 0.05) is 18.5 Å². The molecule has 7 nitrogen and oxygen atoms in total. The number of carbonyl (C=O) groups excluding carboxylic acids is 1. The molecule has 0 saturated heterocycles. The van der Waals surface area contributed by atoms with Crippen molar-refractivity contribution < 1.29 is 13.2 Å². The van der Waals surface area contributed by atoms with Crippen molar-refractivity contribution >= 4 is 38.1 Å². The van der Waals surface area contributed by atoms with Gasteiger partial charge in [0.05, 0.1) is 11.9 Å². The van der Waals surface area contributed by atoms with Gasteiger partial charge in [-0.2, -0.15) is 0 Å². The van der Waals surface area contributed by atoms with E-state index in [0.717, 1.165) is 36.3 Å². The molecule has 0 atom stereocenters. The summed E-state index contributed by atoms with van der Waals surface area (Å²) in [6.45, 7) is 2.54. The van der Waals surface area contributed by atoms with Crippen molar-refractivity contribution in [2.24, 2.45) is 0 Å². The highest BCUT2D eigenvalue weighted by Crippen LogP contribution is 2.30. The van der Waals surface area contributed by atoms with Crippen molar-refractivity contribution in [2.45, 2.75) is 32.6 Å². The molecule has 1 aromatic carbocycles. The summed E-state index contributed by atoms with van der Waals surface area (Å²) >= 11 is 1.37. The molecule has 0 bridgehead atoms. The third-order valence-corrected chi connectivity index (χ3v) is 6.05. The lowest BCUT2D eigenvalue weighted by atomic mass is 10.0. The number of aromatic nitrogens is 2. The molecule has 0 unspecified atom stereocenters. The number of hydrogen-bond acceptors (Lipinski definition) is 6. The first-order valence-corrected chi connectivity index (χ1v) is 10.8. The van der Waals surface area contributed by atoms with Gasteiger partial charge in [0.2, 0.25) is 15.2 Å². The van der Waals surface area contributed by atoms with E-state index in [9.17, 15) is 13.2 Å². The lowest BCUT2D eigenvalue weighted by Gasteiger charge is -2.29. The normalized spacial score (nSPS) is 14.2. The summed E-state index contributed by atoms with van der Waals surface area (Å²) in [4.78, 5) is 12.4. The van der Waals surface area contributed by atoms with Crippen LogP contribution < -0.4 is 9.62 Å². The quantitative estimate of drug-likeness (QED) is 0.860. The molecule has 134 valence electrons. The smallest absolute Gasteiger partial charge is 0.257 e. The summed E-state index contributed by atoms with van der Waals surface area (Å²) < 4.78 is 25.2. The summed E-state index contributed by atoms with van der Waals surface area (Å²) in [6, 6.07) is 5.11. The summed E-state index contributed by atoms with van der Waals surface area (Å²) in [5.74, 6) is -0.265. The van der Waals surface area contributed by atoms with Crippen LogP contribution in [0.1, 0.15) is 40.7 Å². The summed E-state index contributed by atoms with van der Waals surface area (Å²) in [6.07, 6.45) is 4.51. The van der Waals surface area contributed by atoms with Gasteiger partial charge < -0.3 is 0 Å². The molecule has 1 aliphatic heterocycles. The van der Waals surface area contributed by atoms with Gasteiger partial charge in [0.1, 0.15) is 5.01 Å². The lowest BCUT2D eigenvalue weighted by molar-refractivity contribution is 0.102. The van der Waals surface area contributed by atoms with E-state index >= 15 is 0 Å². The fourth-order valence-electron chi connectivity index (χ4n) is 2.84. The van der Waals surface area contributed by atoms with Gasteiger partial charge in [-0.05, 0) is 43.0 Å². The van der Waals surface area contributed by atoms with Gasteiger partial charge in [-0.25, -0.2) is 8.42 Å². The van der Waals surface area contributed by atoms with Crippen molar-refractivity contribution in [3.8, 4) is 0 Å². The van der Waals surface area contributed by atoms with E-state index in [0.29, 0.717) is 22.9 Å². The highest BCUT2D eigenvalue weighted by molar-refractivity contribution is 7.92. The molecule has 2 heterocycles. The molecule has 0 fully saturated rings. The van der Waals surface area contributed by atoms with E-state index in [4.69, 9.17) is 0 Å². The van der Waals surface area contributed by atoms with Crippen LogP contribution in [0.5, 0.6) is 0 Å². The van der Waals surface area contributed by atoms with Crippen molar-refractivity contribution in [3.63, 3.8) is 0 Å². The van der Waals surface area contributed by atoms with Crippen molar-refractivity contribution in [2.75, 3.05) is 22.4 Å². The van der Waals surface area contributed by atoms with Crippen LogP contribution in [0.15, 0.2) is 18.2 Å². The number of hydrogen-bond donors (Lipinski definition) is 1. The number of carbonyl (C=O) groups is 1. The maximum Gasteiger partial charge on any atom is 0.257 e. The zero-order valence-electron chi connectivity index (χ0n) is 14.2. The number of anilines is 2. The zero-order valence-corrected chi connectivity index (χ0v) is 15.8. The number of nitrogens with one attached hydrogen (secondary N) is 1. The Bertz CT molecular complexity index is 893. The molecule has 2 aromatic rings. The van der Waals surface area contributed by atoms with E-state index in [1.54, 1.807) is 18.2 Å². The molecule has 0 radical (unpaired) electrons. The molecule has 9 heteroatoms. The number of aryl methyl sites for hydroxylation is 2. The van der Waals surface area contributed by atoms with Crippen LogP contribution in [0.25, 0.3) is 0 Å². The van der Waals surface area contributed by atoms with E-state index in [1.165, 1.54) is 21.9 Å². The number of fused-ring (bicyclic) bond motifs is 1. The monoisotopic (exact) mass is 380 g/mol. The van der Waals surface area contributed by atoms with Crippen molar-refractivity contribution in [1.29, 1.82) is 0 Å². The fourth-order valence-corrected chi connectivity index (χ4v) is 4.67. The Morgan fingerprint density at radius 3 is 2.88 bits per heavy atom. The zero-order chi connectivity index (χ0) is 18.0. The van der Waals surface area contributed by atoms with Crippen molar-refractivity contribution in [3.05, 3.63) is 34.3 Å². The fraction of sp³-hybridized carbons (Fsp3) is 0.438. The Kier molecular flexibility index (Phi) is 5.05. The number of amides is 1. The van der Waals surface area contributed by atoms with E-state index in [2.05, 4.69) is 22.4 Å². The first-order chi connectivity index (χ1) is 11.9. The molecule has 1 amide bonds. The van der Waals surface area contributed by atoms with Crippen LogP contribution in [-0.4, -0.2) is 37.3 Å². The molecule has 1 aliphatic rings. The van der Waals surface area contributed by atoms with Gasteiger partial charge in [-0.3, -0.25) is 14.4 Å². The second-order valence-electron chi connectivity index (χ2n) is 5.99. The molecule has 3 rings (SSSR count). The van der Waals surface area contributed by atoms with Crippen molar-refractivity contribution in [1.82, 2.24) is 10.2 Å². The summed E-state index contributed by atoms with van der Waals surface area (Å²) in [5, 5.41) is 12.2. The van der Waals surface area contributed by atoms with Gasteiger partial charge in [-0.1, -0.05) is 18.3 Å². The average molecular weight is 380 g/mol. The molecule has 1 N–H and O–H groups in total. The lowest BCUT2D eigenvalue weighted by Crippen LogP contribution is -2.34.